The molecule has 0 saturated heterocycles. The molecule has 2 aromatic rings. The first-order valence-corrected chi connectivity index (χ1v) is 7.89. The van der Waals surface area contributed by atoms with Crippen LogP contribution in [0.25, 0.3) is 0 Å². The first kappa shape index (κ1) is 15.4. The van der Waals surface area contributed by atoms with Crippen LogP contribution in [0.1, 0.15) is 34.8 Å². The fourth-order valence-electron chi connectivity index (χ4n) is 2.06. The molecule has 1 aromatic carbocycles. The molecule has 5 heteroatoms. The van der Waals surface area contributed by atoms with Gasteiger partial charge in [0.15, 0.2) is 0 Å². The van der Waals surface area contributed by atoms with Gasteiger partial charge in [0.1, 0.15) is 5.82 Å². The molecule has 2 rings (SSSR count). The van der Waals surface area contributed by atoms with Gasteiger partial charge in [-0.25, -0.2) is 9.37 Å². The van der Waals surface area contributed by atoms with E-state index in [1.54, 1.807) is 29.5 Å². The molecule has 1 aromatic heterocycles. The summed E-state index contributed by atoms with van der Waals surface area (Å²) in [6, 6.07) is 5.23. The summed E-state index contributed by atoms with van der Waals surface area (Å²) in [5.74, 6) is -0.321. The van der Waals surface area contributed by atoms with Gasteiger partial charge in [-0.05, 0) is 37.9 Å². The molecule has 1 heterocycles. The van der Waals surface area contributed by atoms with Gasteiger partial charge in [0, 0.05) is 17.1 Å². The van der Waals surface area contributed by atoms with Crippen molar-refractivity contribution in [1.82, 2.24) is 10.3 Å². The molecule has 0 aliphatic carbocycles. The van der Waals surface area contributed by atoms with E-state index in [-0.39, 0.29) is 16.9 Å². The van der Waals surface area contributed by atoms with E-state index in [9.17, 15) is 4.39 Å². The van der Waals surface area contributed by atoms with Crippen LogP contribution in [0.4, 0.5) is 4.39 Å². The fourth-order valence-corrected chi connectivity index (χ4v) is 3.11. The summed E-state index contributed by atoms with van der Waals surface area (Å²) >= 11 is 7.49. The van der Waals surface area contributed by atoms with E-state index in [0.717, 1.165) is 22.9 Å². The number of benzene rings is 1. The number of hydrogen-bond donors (Lipinski definition) is 1. The van der Waals surface area contributed by atoms with Crippen LogP contribution in [-0.2, 0) is 6.42 Å². The van der Waals surface area contributed by atoms with E-state index >= 15 is 0 Å². The van der Waals surface area contributed by atoms with Crippen molar-refractivity contribution in [2.75, 3.05) is 6.54 Å². The molecule has 0 aliphatic heterocycles. The van der Waals surface area contributed by atoms with Crippen molar-refractivity contribution >= 4 is 22.9 Å². The maximum atomic E-state index is 14.0. The Morgan fingerprint density at radius 3 is 2.90 bits per heavy atom. The van der Waals surface area contributed by atoms with Gasteiger partial charge >= 0.3 is 0 Å². The van der Waals surface area contributed by atoms with Crippen molar-refractivity contribution in [1.29, 1.82) is 0 Å². The van der Waals surface area contributed by atoms with Gasteiger partial charge in [-0.3, -0.25) is 0 Å². The molecule has 0 radical (unpaired) electrons. The first-order chi connectivity index (χ1) is 9.61. The summed E-state index contributed by atoms with van der Waals surface area (Å²) < 4.78 is 14.0. The van der Waals surface area contributed by atoms with Crippen LogP contribution in [0.15, 0.2) is 24.4 Å². The van der Waals surface area contributed by atoms with E-state index < -0.39 is 0 Å². The molecule has 20 heavy (non-hydrogen) atoms. The number of thiazole rings is 1. The highest BCUT2D eigenvalue weighted by molar-refractivity contribution is 7.11. The molecule has 0 aliphatic rings. The summed E-state index contributed by atoms with van der Waals surface area (Å²) in [6.45, 7) is 4.98. The quantitative estimate of drug-likeness (QED) is 0.848. The van der Waals surface area contributed by atoms with E-state index in [1.807, 2.05) is 13.1 Å². The molecule has 0 bridgehead atoms. The molecule has 0 spiro atoms. The van der Waals surface area contributed by atoms with Crippen molar-refractivity contribution < 1.29 is 4.39 Å². The third kappa shape index (κ3) is 3.78. The Bertz CT molecular complexity index is 571. The summed E-state index contributed by atoms with van der Waals surface area (Å²) in [7, 11) is 0. The number of aryl methyl sites for hydroxylation is 1. The summed E-state index contributed by atoms with van der Waals surface area (Å²) in [5.41, 5.74) is 0.636. The van der Waals surface area contributed by atoms with Crippen molar-refractivity contribution in [3.05, 3.63) is 50.7 Å². The predicted molar refractivity (Wildman–Crippen MR) is 83.0 cm³/mol. The SMILES string of the molecule is CCCNC(Cc1cccc(Cl)c1F)c1cnc(C)s1. The van der Waals surface area contributed by atoms with Crippen molar-refractivity contribution in [2.45, 2.75) is 32.7 Å². The molecule has 0 saturated carbocycles. The zero-order valence-corrected chi connectivity index (χ0v) is 13.2. The number of aromatic nitrogens is 1. The Labute approximate surface area is 128 Å². The smallest absolute Gasteiger partial charge is 0.145 e. The summed E-state index contributed by atoms with van der Waals surface area (Å²) in [4.78, 5) is 5.42. The molecule has 0 amide bonds. The topological polar surface area (TPSA) is 24.9 Å². The number of hydrogen-bond acceptors (Lipinski definition) is 3. The average molecular weight is 313 g/mol. The van der Waals surface area contributed by atoms with Gasteiger partial charge in [0.2, 0.25) is 0 Å². The number of nitrogens with one attached hydrogen (secondary N) is 1. The van der Waals surface area contributed by atoms with Crippen LogP contribution < -0.4 is 5.32 Å². The van der Waals surface area contributed by atoms with Gasteiger partial charge in [0.05, 0.1) is 10.0 Å². The molecule has 0 fully saturated rings. The molecule has 1 atom stereocenters. The second kappa shape index (κ2) is 7.16. The highest BCUT2D eigenvalue weighted by Crippen LogP contribution is 2.27. The lowest BCUT2D eigenvalue weighted by atomic mass is 10.0. The lowest BCUT2D eigenvalue weighted by Gasteiger charge is -2.17. The van der Waals surface area contributed by atoms with Crippen LogP contribution in [0.5, 0.6) is 0 Å². The normalized spacial score (nSPS) is 12.6. The van der Waals surface area contributed by atoms with Crippen LogP contribution in [0.2, 0.25) is 5.02 Å². The number of rotatable bonds is 6. The van der Waals surface area contributed by atoms with Gasteiger partial charge in [-0.15, -0.1) is 11.3 Å². The Balaban J connectivity index is 2.21. The lowest BCUT2D eigenvalue weighted by molar-refractivity contribution is 0.518. The Morgan fingerprint density at radius 1 is 1.45 bits per heavy atom. The Hall–Kier alpha value is -0.970. The number of nitrogens with zero attached hydrogens (tertiary/aromatic N) is 1. The summed E-state index contributed by atoms with van der Waals surface area (Å²) in [5, 5.41) is 4.66. The van der Waals surface area contributed by atoms with E-state index in [1.165, 1.54) is 0 Å². The van der Waals surface area contributed by atoms with Crippen LogP contribution in [0, 0.1) is 12.7 Å². The van der Waals surface area contributed by atoms with Crippen molar-refractivity contribution in [3.8, 4) is 0 Å². The van der Waals surface area contributed by atoms with Gasteiger partial charge in [0.25, 0.3) is 0 Å². The van der Waals surface area contributed by atoms with Gasteiger partial charge in [-0.2, -0.15) is 0 Å². The zero-order valence-electron chi connectivity index (χ0n) is 11.6. The molecule has 2 nitrogen and oxygen atoms in total. The Morgan fingerprint density at radius 2 is 2.25 bits per heavy atom. The highest BCUT2D eigenvalue weighted by atomic mass is 35.5. The minimum absolute atomic E-state index is 0.0779. The fraction of sp³-hybridized carbons (Fsp3) is 0.400. The van der Waals surface area contributed by atoms with E-state index in [4.69, 9.17) is 11.6 Å². The monoisotopic (exact) mass is 312 g/mol. The van der Waals surface area contributed by atoms with Gasteiger partial charge in [-0.1, -0.05) is 30.7 Å². The molecular weight excluding hydrogens is 295 g/mol. The summed E-state index contributed by atoms with van der Waals surface area (Å²) in [6.07, 6.45) is 3.48. The number of halogens is 2. The highest BCUT2D eigenvalue weighted by Gasteiger charge is 2.17. The van der Waals surface area contributed by atoms with Gasteiger partial charge < -0.3 is 5.32 Å². The minimum Gasteiger partial charge on any atom is -0.309 e. The second-order valence-electron chi connectivity index (χ2n) is 4.71. The van der Waals surface area contributed by atoms with E-state index in [2.05, 4.69) is 17.2 Å². The molecule has 1 N–H and O–H groups in total. The molecule has 1 unspecified atom stereocenters. The first-order valence-electron chi connectivity index (χ1n) is 6.70. The van der Waals surface area contributed by atoms with Crippen LogP contribution >= 0.6 is 22.9 Å². The van der Waals surface area contributed by atoms with E-state index in [0.29, 0.717) is 12.0 Å². The molecule has 108 valence electrons. The Kier molecular flexibility index (Phi) is 5.52. The maximum Gasteiger partial charge on any atom is 0.145 e. The lowest BCUT2D eigenvalue weighted by Crippen LogP contribution is -2.23. The maximum absolute atomic E-state index is 14.0. The minimum atomic E-state index is -0.321. The zero-order chi connectivity index (χ0) is 14.5. The third-order valence-electron chi connectivity index (χ3n) is 3.08. The van der Waals surface area contributed by atoms with Crippen molar-refractivity contribution in [3.63, 3.8) is 0 Å². The largest absolute Gasteiger partial charge is 0.309 e. The third-order valence-corrected chi connectivity index (χ3v) is 4.40. The standard InChI is InChI=1S/C15H18ClFN2S/c1-3-7-18-13(14-9-19-10(2)20-14)8-11-5-4-6-12(16)15(11)17/h4-6,9,13,18H,3,7-8H2,1-2H3. The molecular formula is C15H18ClFN2S. The van der Waals surface area contributed by atoms with Crippen LogP contribution in [-0.4, -0.2) is 11.5 Å². The predicted octanol–water partition coefficient (Wildman–Crippen LogP) is 4.53. The van der Waals surface area contributed by atoms with Crippen LogP contribution in [0.3, 0.4) is 0 Å². The second-order valence-corrected chi connectivity index (χ2v) is 6.38. The average Bonchev–Trinajstić information content (AvgIpc) is 2.86. The van der Waals surface area contributed by atoms with Crippen molar-refractivity contribution in [2.24, 2.45) is 0 Å².